The minimum Gasteiger partial charge on any atom is -0.350 e. The van der Waals surface area contributed by atoms with E-state index in [-0.39, 0.29) is 11.5 Å². The predicted octanol–water partition coefficient (Wildman–Crippen LogP) is 1.80. The molecule has 1 amide bonds. The third kappa shape index (κ3) is 4.83. The van der Waals surface area contributed by atoms with Crippen molar-refractivity contribution in [3.05, 3.63) is 77.1 Å². The summed E-state index contributed by atoms with van der Waals surface area (Å²) in [5.74, 6) is -0.0750. The van der Waals surface area contributed by atoms with E-state index in [4.69, 9.17) is 0 Å². The van der Waals surface area contributed by atoms with Crippen LogP contribution in [0.4, 0.5) is 0 Å². The lowest BCUT2D eigenvalue weighted by Crippen LogP contribution is -2.25. The van der Waals surface area contributed by atoms with Gasteiger partial charge in [-0.15, -0.1) is 0 Å². The summed E-state index contributed by atoms with van der Waals surface area (Å²) in [4.78, 5) is 32.0. The molecule has 7 heteroatoms. The molecule has 0 saturated heterocycles. The first-order valence-electron chi connectivity index (χ1n) is 8.37. The highest BCUT2D eigenvalue weighted by Crippen LogP contribution is 2.13. The van der Waals surface area contributed by atoms with Crippen LogP contribution in [0, 0.1) is 0 Å². The summed E-state index contributed by atoms with van der Waals surface area (Å²) in [5.41, 5.74) is 2.22. The van der Waals surface area contributed by atoms with Gasteiger partial charge in [-0.3, -0.25) is 19.6 Å². The summed E-state index contributed by atoms with van der Waals surface area (Å²) in [6, 6.07) is 12.4. The second-order valence-electron chi connectivity index (χ2n) is 5.72. The number of carbonyl (C=O) groups excluding carboxylic acids is 1. The topological polar surface area (TPSA) is 89.8 Å². The van der Waals surface area contributed by atoms with Crippen LogP contribution in [0.1, 0.15) is 18.5 Å². The van der Waals surface area contributed by atoms with E-state index in [1.165, 1.54) is 10.7 Å². The molecule has 0 aliphatic heterocycles. The van der Waals surface area contributed by atoms with Crippen LogP contribution in [0.25, 0.3) is 11.3 Å². The fourth-order valence-electron chi connectivity index (χ4n) is 2.46. The first kappa shape index (κ1) is 17.5. The van der Waals surface area contributed by atoms with Gasteiger partial charge >= 0.3 is 0 Å². The average Bonchev–Trinajstić information content (AvgIpc) is 2.69. The molecular formula is C19H19N5O2. The van der Waals surface area contributed by atoms with Crippen LogP contribution in [0.2, 0.25) is 0 Å². The minimum atomic E-state index is -0.184. The number of amides is 1. The molecule has 0 atom stereocenters. The SMILES string of the molecule is O=C(CCCn1nc(-c2ccncc2)ccc1=O)NCc1ccccn1. The highest BCUT2D eigenvalue weighted by Gasteiger charge is 2.06. The van der Waals surface area contributed by atoms with Crippen LogP contribution < -0.4 is 10.9 Å². The normalized spacial score (nSPS) is 10.5. The number of aryl methyl sites for hydroxylation is 1. The Bertz CT molecular complexity index is 910. The predicted molar refractivity (Wildman–Crippen MR) is 97.0 cm³/mol. The number of nitrogens with zero attached hydrogens (tertiary/aromatic N) is 4. The monoisotopic (exact) mass is 349 g/mol. The van der Waals surface area contributed by atoms with Crippen molar-refractivity contribution in [2.75, 3.05) is 0 Å². The Morgan fingerprint density at radius 3 is 2.65 bits per heavy atom. The van der Waals surface area contributed by atoms with E-state index in [0.29, 0.717) is 31.6 Å². The van der Waals surface area contributed by atoms with Crippen molar-refractivity contribution in [3.8, 4) is 11.3 Å². The summed E-state index contributed by atoms with van der Waals surface area (Å²) in [6.07, 6.45) is 5.90. The lowest BCUT2D eigenvalue weighted by atomic mass is 10.2. The van der Waals surface area contributed by atoms with Crippen LogP contribution in [0.3, 0.4) is 0 Å². The molecule has 3 rings (SSSR count). The van der Waals surface area contributed by atoms with Gasteiger partial charge in [0.05, 0.1) is 17.9 Å². The molecule has 0 aliphatic carbocycles. The molecule has 0 bridgehead atoms. The zero-order chi connectivity index (χ0) is 18.2. The molecule has 7 nitrogen and oxygen atoms in total. The van der Waals surface area contributed by atoms with Crippen molar-refractivity contribution in [1.29, 1.82) is 0 Å². The Morgan fingerprint density at radius 2 is 1.88 bits per heavy atom. The van der Waals surface area contributed by atoms with Gasteiger partial charge in [0.1, 0.15) is 0 Å². The summed E-state index contributed by atoms with van der Waals surface area (Å²) in [6.45, 7) is 0.782. The highest BCUT2D eigenvalue weighted by atomic mass is 16.1. The van der Waals surface area contributed by atoms with Gasteiger partial charge in [-0.1, -0.05) is 6.07 Å². The standard InChI is InChI=1S/C19H19N5O2/c25-18(22-14-16-4-1-2-10-21-16)5-3-13-24-19(26)7-6-17(23-24)15-8-11-20-12-9-15/h1-2,4,6-12H,3,5,13-14H2,(H,22,25). The summed E-state index contributed by atoms with van der Waals surface area (Å²) in [5, 5.41) is 7.19. The summed E-state index contributed by atoms with van der Waals surface area (Å²) in [7, 11) is 0. The van der Waals surface area contributed by atoms with Gasteiger partial charge in [0.2, 0.25) is 5.91 Å². The smallest absolute Gasteiger partial charge is 0.266 e. The maximum absolute atomic E-state index is 12.0. The fraction of sp³-hybridized carbons (Fsp3) is 0.211. The van der Waals surface area contributed by atoms with Gasteiger partial charge < -0.3 is 5.32 Å². The first-order chi connectivity index (χ1) is 12.7. The van der Waals surface area contributed by atoms with Gasteiger partial charge in [0.25, 0.3) is 5.56 Å². The van der Waals surface area contributed by atoms with Gasteiger partial charge in [0.15, 0.2) is 0 Å². The van der Waals surface area contributed by atoms with Gasteiger partial charge in [0, 0.05) is 43.2 Å². The second kappa shape index (κ2) is 8.66. The zero-order valence-corrected chi connectivity index (χ0v) is 14.2. The molecule has 3 aromatic heterocycles. The number of pyridine rings is 2. The van der Waals surface area contributed by atoms with Crippen LogP contribution in [-0.4, -0.2) is 25.7 Å². The molecule has 26 heavy (non-hydrogen) atoms. The lowest BCUT2D eigenvalue weighted by Gasteiger charge is -2.08. The van der Waals surface area contributed by atoms with E-state index < -0.39 is 0 Å². The molecule has 3 heterocycles. The molecule has 1 N–H and O–H groups in total. The van der Waals surface area contributed by atoms with Crippen LogP contribution in [-0.2, 0) is 17.9 Å². The number of rotatable bonds is 7. The largest absolute Gasteiger partial charge is 0.350 e. The summed E-state index contributed by atoms with van der Waals surface area (Å²) < 4.78 is 1.39. The van der Waals surface area contributed by atoms with E-state index in [0.717, 1.165) is 11.3 Å². The maximum atomic E-state index is 12.0. The van der Waals surface area contributed by atoms with Crippen molar-refractivity contribution in [2.45, 2.75) is 25.9 Å². The van der Waals surface area contributed by atoms with Crippen molar-refractivity contribution < 1.29 is 4.79 Å². The third-order valence-corrected chi connectivity index (χ3v) is 3.81. The Morgan fingerprint density at radius 1 is 1.04 bits per heavy atom. The number of aromatic nitrogens is 4. The highest BCUT2D eigenvalue weighted by molar-refractivity contribution is 5.75. The molecular weight excluding hydrogens is 330 g/mol. The van der Waals surface area contributed by atoms with Crippen LogP contribution >= 0.6 is 0 Å². The average molecular weight is 349 g/mol. The fourth-order valence-corrected chi connectivity index (χ4v) is 2.46. The molecule has 0 spiro atoms. The van der Waals surface area contributed by atoms with Crippen molar-refractivity contribution in [2.24, 2.45) is 0 Å². The Balaban J connectivity index is 1.53. The number of hydrogen-bond donors (Lipinski definition) is 1. The molecule has 132 valence electrons. The van der Waals surface area contributed by atoms with E-state index in [9.17, 15) is 9.59 Å². The third-order valence-electron chi connectivity index (χ3n) is 3.81. The number of hydrogen-bond acceptors (Lipinski definition) is 5. The molecule has 0 saturated carbocycles. The van der Waals surface area contributed by atoms with E-state index in [2.05, 4.69) is 20.4 Å². The molecule has 0 unspecified atom stereocenters. The molecule has 3 aromatic rings. The zero-order valence-electron chi connectivity index (χ0n) is 14.2. The van der Waals surface area contributed by atoms with Crippen molar-refractivity contribution in [3.63, 3.8) is 0 Å². The molecule has 0 radical (unpaired) electrons. The van der Waals surface area contributed by atoms with Gasteiger partial charge in [-0.25, -0.2) is 4.68 Å². The molecule has 0 fully saturated rings. The van der Waals surface area contributed by atoms with E-state index in [1.54, 1.807) is 24.7 Å². The van der Waals surface area contributed by atoms with Gasteiger partial charge in [-0.05, 0) is 36.8 Å². The van der Waals surface area contributed by atoms with Crippen LogP contribution in [0.5, 0.6) is 0 Å². The summed E-state index contributed by atoms with van der Waals surface area (Å²) >= 11 is 0. The lowest BCUT2D eigenvalue weighted by molar-refractivity contribution is -0.121. The maximum Gasteiger partial charge on any atom is 0.266 e. The second-order valence-corrected chi connectivity index (χ2v) is 5.72. The molecule has 0 aliphatic rings. The Labute approximate surface area is 150 Å². The van der Waals surface area contributed by atoms with E-state index in [1.807, 2.05) is 30.3 Å². The first-order valence-corrected chi connectivity index (χ1v) is 8.37. The Kier molecular flexibility index (Phi) is 5.82. The van der Waals surface area contributed by atoms with Gasteiger partial charge in [-0.2, -0.15) is 5.10 Å². The van der Waals surface area contributed by atoms with E-state index >= 15 is 0 Å². The number of nitrogens with one attached hydrogen (secondary N) is 1. The van der Waals surface area contributed by atoms with Crippen molar-refractivity contribution >= 4 is 5.91 Å². The van der Waals surface area contributed by atoms with Crippen LogP contribution in [0.15, 0.2) is 65.8 Å². The number of carbonyl (C=O) groups is 1. The Hall–Kier alpha value is -3.35. The molecule has 0 aromatic carbocycles. The minimum absolute atomic E-state index is 0.0750. The van der Waals surface area contributed by atoms with Crippen molar-refractivity contribution in [1.82, 2.24) is 25.1 Å². The quantitative estimate of drug-likeness (QED) is 0.702.